The number of hydrogen-bond donors (Lipinski definition) is 1. The van der Waals surface area contributed by atoms with Gasteiger partial charge >= 0.3 is 0 Å². The highest BCUT2D eigenvalue weighted by Crippen LogP contribution is 2.26. The molecule has 0 saturated carbocycles. The summed E-state index contributed by atoms with van der Waals surface area (Å²) in [7, 11) is 0. The highest BCUT2D eigenvalue weighted by molar-refractivity contribution is 5.00. The third kappa shape index (κ3) is 1.97. The maximum absolute atomic E-state index is 5.34. The lowest BCUT2D eigenvalue weighted by Gasteiger charge is -2.19. The number of nitrogens with zero attached hydrogens (tertiary/aromatic N) is 2. The van der Waals surface area contributed by atoms with Crippen LogP contribution in [0.3, 0.4) is 0 Å². The van der Waals surface area contributed by atoms with Gasteiger partial charge in [-0.15, -0.1) is 0 Å². The second-order valence-corrected chi connectivity index (χ2v) is 4.55. The van der Waals surface area contributed by atoms with E-state index in [1.165, 1.54) is 12.8 Å². The lowest BCUT2D eigenvalue weighted by atomic mass is 10.1. The van der Waals surface area contributed by atoms with Gasteiger partial charge in [-0.1, -0.05) is 11.6 Å². The first-order valence-electron chi connectivity index (χ1n) is 6.08. The highest BCUT2D eigenvalue weighted by atomic mass is 16.5. The molecule has 1 aromatic heterocycles. The molecule has 5 nitrogen and oxygen atoms in total. The van der Waals surface area contributed by atoms with Gasteiger partial charge in [-0.05, 0) is 25.8 Å². The van der Waals surface area contributed by atoms with Crippen LogP contribution in [0, 0.1) is 0 Å². The van der Waals surface area contributed by atoms with E-state index >= 15 is 0 Å². The standard InChI is InChI=1S/C11H17N3O2/c1-2-5-12-9(3-1)11-13-10(14-16-11)8-4-6-15-7-8/h8-9,12H,1-7H2/t8?,9-/m1/s1. The zero-order chi connectivity index (χ0) is 10.8. The third-order valence-electron chi connectivity index (χ3n) is 3.36. The molecule has 1 N–H and O–H groups in total. The van der Waals surface area contributed by atoms with E-state index in [-0.39, 0.29) is 6.04 Å². The second-order valence-electron chi connectivity index (χ2n) is 4.55. The normalized spacial score (nSPS) is 30.8. The Morgan fingerprint density at radius 2 is 2.25 bits per heavy atom. The monoisotopic (exact) mass is 223 g/mol. The molecule has 2 saturated heterocycles. The van der Waals surface area contributed by atoms with Crippen molar-refractivity contribution in [3.8, 4) is 0 Å². The fourth-order valence-electron chi connectivity index (χ4n) is 2.36. The third-order valence-corrected chi connectivity index (χ3v) is 3.36. The van der Waals surface area contributed by atoms with Crippen molar-refractivity contribution in [1.82, 2.24) is 15.5 Å². The summed E-state index contributed by atoms with van der Waals surface area (Å²) < 4.78 is 10.7. The fourth-order valence-corrected chi connectivity index (χ4v) is 2.36. The van der Waals surface area contributed by atoms with Crippen LogP contribution in [0.2, 0.25) is 0 Å². The van der Waals surface area contributed by atoms with Crippen molar-refractivity contribution >= 4 is 0 Å². The predicted octanol–water partition coefficient (Wildman–Crippen LogP) is 1.39. The Morgan fingerprint density at radius 3 is 3.00 bits per heavy atom. The maximum atomic E-state index is 5.34. The van der Waals surface area contributed by atoms with Crippen LogP contribution in [0.5, 0.6) is 0 Å². The molecule has 88 valence electrons. The van der Waals surface area contributed by atoms with Crippen LogP contribution in [0.15, 0.2) is 4.52 Å². The van der Waals surface area contributed by atoms with Gasteiger partial charge in [0, 0.05) is 12.5 Å². The number of nitrogens with one attached hydrogen (secondary N) is 1. The first kappa shape index (κ1) is 10.2. The van der Waals surface area contributed by atoms with Crippen LogP contribution < -0.4 is 5.32 Å². The summed E-state index contributed by atoms with van der Waals surface area (Å²) in [5, 5.41) is 7.48. The summed E-state index contributed by atoms with van der Waals surface area (Å²) in [6.07, 6.45) is 4.59. The van der Waals surface area contributed by atoms with Crippen molar-refractivity contribution in [2.75, 3.05) is 19.8 Å². The smallest absolute Gasteiger partial charge is 0.243 e. The summed E-state index contributed by atoms with van der Waals surface area (Å²) in [5.41, 5.74) is 0. The summed E-state index contributed by atoms with van der Waals surface area (Å²) >= 11 is 0. The van der Waals surface area contributed by atoms with Crippen LogP contribution in [-0.2, 0) is 4.74 Å². The van der Waals surface area contributed by atoms with Crippen molar-refractivity contribution in [3.63, 3.8) is 0 Å². The molecule has 5 heteroatoms. The van der Waals surface area contributed by atoms with Gasteiger partial charge in [0.25, 0.3) is 0 Å². The molecule has 2 fully saturated rings. The Morgan fingerprint density at radius 1 is 1.25 bits per heavy atom. The van der Waals surface area contributed by atoms with Crippen molar-refractivity contribution in [3.05, 3.63) is 11.7 Å². The average molecular weight is 223 g/mol. The minimum absolute atomic E-state index is 0.261. The number of ether oxygens (including phenoxy) is 1. The lowest BCUT2D eigenvalue weighted by molar-refractivity contribution is 0.192. The van der Waals surface area contributed by atoms with Gasteiger partial charge in [0.1, 0.15) is 0 Å². The van der Waals surface area contributed by atoms with E-state index in [9.17, 15) is 0 Å². The Balaban J connectivity index is 1.71. The van der Waals surface area contributed by atoms with Crippen LogP contribution in [0.25, 0.3) is 0 Å². The topological polar surface area (TPSA) is 60.2 Å². The summed E-state index contributed by atoms with van der Waals surface area (Å²) in [6.45, 7) is 2.60. The predicted molar refractivity (Wildman–Crippen MR) is 57.1 cm³/mol. The molecule has 2 aliphatic rings. The Kier molecular flexibility index (Phi) is 2.88. The molecular weight excluding hydrogens is 206 g/mol. The van der Waals surface area contributed by atoms with Gasteiger partial charge in [-0.2, -0.15) is 4.98 Å². The van der Waals surface area contributed by atoms with Crippen LogP contribution in [0.4, 0.5) is 0 Å². The summed E-state index contributed by atoms with van der Waals surface area (Å²) in [6, 6.07) is 0.261. The zero-order valence-electron chi connectivity index (χ0n) is 9.32. The summed E-state index contributed by atoms with van der Waals surface area (Å²) in [4.78, 5) is 4.50. The molecule has 0 aliphatic carbocycles. The van der Waals surface area contributed by atoms with Crippen LogP contribution in [-0.4, -0.2) is 29.9 Å². The van der Waals surface area contributed by atoms with Gasteiger partial charge < -0.3 is 14.6 Å². The molecular formula is C11H17N3O2. The molecule has 3 heterocycles. The van der Waals surface area contributed by atoms with E-state index in [0.717, 1.165) is 44.3 Å². The van der Waals surface area contributed by atoms with Gasteiger partial charge in [0.15, 0.2) is 5.82 Å². The van der Waals surface area contributed by atoms with Crippen molar-refractivity contribution in [1.29, 1.82) is 0 Å². The first-order chi connectivity index (χ1) is 7.93. The molecule has 1 aromatic rings. The summed E-state index contributed by atoms with van der Waals surface area (Å²) in [5.74, 6) is 1.91. The van der Waals surface area contributed by atoms with Crippen molar-refractivity contribution in [2.24, 2.45) is 0 Å². The minimum atomic E-state index is 0.261. The number of rotatable bonds is 2. The van der Waals surface area contributed by atoms with E-state index in [1.54, 1.807) is 0 Å². The van der Waals surface area contributed by atoms with E-state index in [1.807, 2.05) is 0 Å². The molecule has 0 bridgehead atoms. The van der Waals surface area contributed by atoms with Gasteiger partial charge in [0.05, 0.1) is 12.6 Å². The van der Waals surface area contributed by atoms with Gasteiger partial charge in [-0.3, -0.25) is 0 Å². The second kappa shape index (κ2) is 4.51. The molecule has 0 amide bonds. The van der Waals surface area contributed by atoms with Gasteiger partial charge in [-0.25, -0.2) is 0 Å². The number of hydrogen-bond acceptors (Lipinski definition) is 5. The van der Waals surface area contributed by atoms with E-state index in [2.05, 4.69) is 15.5 Å². The number of aromatic nitrogens is 2. The van der Waals surface area contributed by atoms with Crippen LogP contribution in [0.1, 0.15) is 49.4 Å². The molecule has 0 spiro atoms. The first-order valence-corrected chi connectivity index (χ1v) is 6.08. The van der Waals surface area contributed by atoms with Crippen LogP contribution >= 0.6 is 0 Å². The molecule has 0 radical (unpaired) electrons. The largest absolute Gasteiger partial charge is 0.381 e. The Hall–Kier alpha value is -0.940. The average Bonchev–Trinajstić information content (AvgIpc) is 3.01. The van der Waals surface area contributed by atoms with Crippen molar-refractivity contribution in [2.45, 2.75) is 37.6 Å². The Bertz CT molecular complexity index is 341. The SMILES string of the molecule is C1CC[C@H](c2nc(C3CCOC3)no2)NC1. The molecule has 3 rings (SSSR count). The molecule has 2 atom stereocenters. The molecule has 16 heavy (non-hydrogen) atoms. The van der Waals surface area contributed by atoms with E-state index < -0.39 is 0 Å². The fraction of sp³-hybridized carbons (Fsp3) is 0.818. The lowest BCUT2D eigenvalue weighted by Crippen LogP contribution is -2.27. The zero-order valence-corrected chi connectivity index (χ0v) is 9.32. The quantitative estimate of drug-likeness (QED) is 0.821. The molecule has 1 unspecified atom stereocenters. The molecule has 2 aliphatic heterocycles. The number of piperidine rings is 1. The maximum Gasteiger partial charge on any atom is 0.243 e. The van der Waals surface area contributed by atoms with E-state index in [4.69, 9.17) is 9.26 Å². The van der Waals surface area contributed by atoms with Crippen molar-refractivity contribution < 1.29 is 9.26 Å². The Labute approximate surface area is 94.6 Å². The van der Waals surface area contributed by atoms with Gasteiger partial charge in [0.2, 0.25) is 5.89 Å². The highest BCUT2D eigenvalue weighted by Gasteiger charge is 2.26. The minimum Gasteiger partial charge on any atom is -0.381 e. The molecule has 0 aromatic carbocycles. The van der Waals surface area contributed by atoms with E-state index in [0.29, 0.717) is 5.92 Å².